The van der Waals surface area contributed by atoms with E-state index in [2.05, 4.69) is 10.3 Å². The molecule has 0 radical (unpaired) electrons. The Morgan fingerprint density at radius 2 is 2.35 bits per heavy atom. The zero-order valence-electron chi connectivity index (χ0n) is 9.77. The number of rotatable bonds is 5. The highest BCUT2D eigenvalue weighted by Gasteiger charge is 2.14. The molecule has 0 spiro atoms. The number of carbonyl (C=O) groups excluding carboxylic acids is 1. The molecule has 1 aromatic rings. The van der Waals surface area contributed by atoms with Crippen molar-refractivity contribution in [3.05, 3.63) is 23.9 Å². The average molecular weight is 253 g/mol. The van der Waals surface area contributed by atoms with Gasteiger partial charge in [0.2, 0.25) is 11.8 Å². The number of amides is 1. The van der Waals surface area contributed by atoms with Crippen molar-refractivity contribution in [1.29, 1.82) is 0 Å². The number of hydrogen-bond acceptors (Lipinski definition) is 4. The molecule has 0 aliphatic rings. The molecule has 92 valence electrons. The molecule has 1 heterocycles. The third kappa shape index (κ3) is 3.99. The fourth-order valence-electron chi connectivity index (χ4n) is 1.11. The molecule has 0 aliphatic heterocycles. The lowest BCUT2D eigenvalue weighted by Gasteiger charge is -2.10. The van der Waals surface area contributed by atoms with E-state index in [1.807, 2.05) is 6.07 Å². The van der Waals surface area contributed by atoms with Crippen molar-refractivity contribution < 1.29 is 9.53 Å². The predicted octanol–water partition coefficient (Wildman–Crippen LogP) is 0.629. The quantitative estimate of drug-likeness (QED) is 0.753. The molecule has 0 aromatic carbocycles. The van der Waals surface area contributed by atoms with Gasteiger partial charge in [-0.3, -0.25) is 4.79 Å². The summed E-state index contributed by atoms with van der Waals surface area (Å²) in [4.78, 5) is 15.8. The van der Waals surface area contributed by atoms with Crippen molar-refractivity contribution in [2.45, 2.75) is 13.5 Å². The standard InChI is InChI=1S/C11H15N3O2S/c1-7(10(12)17)11(15)14-6-8-3-4-9(16-2)13-5-8/h3-5,7H,6H2,1-2H3,(H2,12,17)(H,14,15). The zero-order chi connectivity index (χ0) is 12.8. The van der Waals surface area contributed by atoms with Crippen LogP contribution in [0.1, 0.15) is 12.5 Å². The van der Waals surface area contributed by atoms with Crippen LogP contribution in [-0.2, 0) is 11.3 Å². The molecule has 0 fully saturated rings. The molecule has 0 bridgehead atoms. The lowest BCUT2D eigenvalue weighted by atomic mass is 10.1. The number of thiocarbonyl (C=S) groups is 1. The first-order chi connectivity index (χ1) is 8.04. The maximum absolute atomic E-state index is 11.6. The van der Waals surface area contributed by atoms with Gasteiger partial charge < -0.3 is 15.8 Å². The van der Waals surface area contributed by atoms with E-state index in [1.165, 1.54) is 0 Å². The third-order valence-corrected chi connectivity index (χ3v) is 2.65. The van der Waals surface area contributed by atoms with Gasteiger partial charge >= 0.3 is 0 Å². The number of pyridine rings is 1. The van der Waals surface area contributed by atoms with Crippen molar-refractivity contribution in [3.8, 4) is 5.88 Å². The Morgan fingerprint density at radius 3 is 2.82 bits per heavy atom. The van der Waals surface area contributed by atoms with Crippen LogP contribution in [0, 0.1) is 5.92 Å². The Kier molecular flexibility index (Phi) is 4.84. The van der Waals surface area contributed by atoms with Crippen LogP contribution in [0.2, 0.25) is 0 Å². The highest BCUT2D eigenvalue weighted by Crippen LogP contribution is 2.06. The first-order valence-electron chi connectivity index (χ1n) is 5.10. The van der Waals surface area contributed by atoms with Crippen LogP contribution in [0.15, 0.2) is 18.3 Å². The van der Waals surface area contributed by atoms with Crippen molar-refractivity contribution in [1.82, 2.24) is 10.3 Å². The first kappa shape index (κ1) is 13.4. The fourth-order valence-corrected chi connectivity index (χ4v) is 1.21. The molecule has 17 heavy (non-hydrogen) atoms. The number of nitrogens with two attached hydrogens (primary N) is 1. The summed E-state index contributed by atoms with van der Waals surface area (Å²) in [5.74, 6) is -0.110. The van der Waals surface area contributed by atoms with E-state index in [4.69, 9.17) is 22.7 Å². The highest BCUT2D eigenvalue weighted by molar-refractivity contribution is 7.80. The fraction of sp³-hybridized carbons (Fsp3) is 0.364. The van der Waals surface area contributed by atoms with Crippen LogP contribution < -0.4 is 15.8 Å². The minimum atomic E-state index is -0.462. The minimum Gasteiger partial charge on any atom is -0.481 e. The summed E-state index contributed by atoms with van der Waals surface area (Å²) in [7, 11) is 1.55. The molecule has 0 saturated heterocycles. The van der Waals surface area contributed by atoms with E-state index in [-0.39, 0.29) is 10.9 Å². The molecule has 1 amide bonds. The summed E-state index contributed by atoms with van der Waals surface area (Å²) >= 11 is 4.75. The van der Waals surface area contributed by atoms with Gasteiger partial charge in [0.1, 0.15) is 0 Å². The topological polar surface area (TPSA) is 77.2 Å². The van der Waals surface area contributed by atoms with Crippen molar-refractivity contribution in [2.24, 2.45) is 11.7 Å². The first-order valence-corrected chi connectivity index (χ1v) is 5.51. The van der Waals surface area contributed by atoms with E-state index in [0.717, 1.165) is 5.56 Å². The smallest absolute Gasteiger partial charge is 0.229 e. The van der Waals surface area contributed by atoms with Gasteiger partial charge in [-0.25, -0.2) is 4.98 Å². The number of carbonyl (C=O) groups is 1. The monoisotopic (exact) mass is 253 g/mol. The average Bonchev–Trinajstić information content (AvgIpc) is 2.35. The molecule has 0 aliphatic carbocycles. The second-order valence-corrected chi connectivity index (χ2v) is 4.02. The summed E-state index contributed by atoms with van der Waals surface area (Å²) < 4.78 is 4.93. The Hall–Kier alpha value is -1.69. The molecule has 1 atom stereocenters. The predicted molar refractivity (Wildman–Crippen MR) is 68.6 cm³/mol. The molecule has 6 heteroatoms. The summed E-state index contributed by atoms with van der Waals surface area (Å²) in [5, 5.41) is 2.73. The maximum Gasteiger partial charge on any atom is 0.229 e. The minimum absolute atomic E-state index is 0.187. The van der Waals surface area contributed by atoms with Crippen LogP contribution in [-0.4, -0.2) is 23.0 Å². The lowest BCUT2D eigenvalue weighted by Crippen LogP contribution is -2.35. The summed E-state index contributed by atoms with van der Waals surface area (Å²) in [6.07, 6.45) is 1.64. The molecule has 1 aromatic heterocycles. The van der Waals surface area contributed by atoms with Gasteiger partial charge in [0.05, 0.1) is 18.0 Å². The number of hydrogen-bond donors (Lipinski definition) is 2. The van der Waals surface area contributed by atoms with Gasteiger partial charge in [0.15, 0.2) is 0 Å². The van der Waals surface area contributed by atoms with Gasteiger partial charge in [-0.2, -0.15) is 0 Å². The van der Waals surface area contributed by atoms with Gasteiger partial charge in [-0.15, -0.1) is 0 Å². The van der Waals surface area contributed by atoms with Gasteiger partial charge in [0.25, 0.3) is 0 Å². The highest BCUT2D eigenvalue weighted by atomic mass is 32.1. The van der Waals surface area contributed by atoms with Crippen LogP contribution in [0.3, 0.4) is 0 Å². The Bertz CT molecular complexity index is 406. The summed E-state index contributed by atoms with van der Waals surface area (Å²) in [6.45, 7) is 2.06. The van der Waals surface area contributed by atoms with E-state index < -0.39 is 5.92 Å². The number of methoxy groups -OCH3 is 1. The van der Waals surface area contributed by atoms with Gasteiger partial charge in [0, 0.05) is 18.8 Å². The van der Waals surface area contributed by atoms with Crippen molar-refractivity contribution in [2.75, 3.05) is 7.11 Å². The Labute approximate surface area is 105 Å². The van der Waals surface area contributed by atoms with E-state index in [0.29, 0.717) is 12.4 Å². The Balaban J connectivity index is 2.50. The molecular weight excluding hydrogens is 238 g/mol. The summed E-state index contributed by atoms with van der Waals surface area (Å²) in [5.41, 5.74) is 6.27. The Morgan fingerprint density at radius 1 is 1.65 bits per heavy atom. The number of nitrogens with zero attached hydrogens (tertiary/aromatic N) is 1. The van der Waals surface area contributed by atoms with Crippen LogP contribution in [0.5, 0.6) is 5.88 Å². The second-order valence-electron chi connectivity index (χ2n) is 3.55. The molecule has 3 N–H and O–H groups in total. The number of nitrogens with one attached hydrogen (secondary N) is 1. The number of aromatic nitrogens is 1. The van der Waals surface area contributed by atoms with E-state index in [1.54, 1.807) is 26.3 Å². The van der Waals surface area contributed by atoms with Crippen molar-refractivity contribution >= 4 is 23.1 Å². The van der Waals surface area contributed by atoms with E-state index >= 15 is 0 Å². The zero-order valence-corrected chi connectivity index (χ0v) is 10.6. The summed E-state index contributed by atoms with van der Waals surface area (Å²) in [6, 6.07) is 3.57. The van der Waals surface area contributed by atoms with Crippen molar-refractivity contribution in [3.63, 3.8) is 0 Å². The third-order valence-electron chi connectivity index (χ3n) is 2.29. The normalized spacial score (nSPS) is 11.6. The lowest BCUT2D eigenvalue weighted by molar-refractivity contribution is -0.122. The molecule has 1 unspecified atom stereocenters. The molecular formula is C11H15N3O2S. The van der Waals surface area contributed by atoms with Crippen LogP contribution in [0.4, 0.5) is 0 Å². The SMILES string of the molecule is COc1ccc(CNC(=O)C(C)C(N)=S)cn1. The van der Waals surface area contributed by atoms with Gasteiger partial charge in [-0.1, -0.05) is 18.3 Å². The second kappa shape index (κ2) is 6.15. The molecule has 5 nitrogen and oxygen atoms in total. The van der Waals surface area contributed by atoms with Crippen LogP contribution >= 0.6 is 12.2 Å². The molecule has 1 rings (SSSR count). The molecule has 0 saturated carbocycles. The maximum atomic E-state index is 11.6. The van der Waals surface area contributed by atoms with Gasteiger partial charge in [-0.05, 0) is 12.5 Å². The van der Waals surface area contributed by atoms with Crippen LogP contribution in [0.25, 0.3) is 0 Å². The largest absolute Gasteiger partial charge is 0.481 e. The van der Waals surface area contributed by atoms with E-state index in [9.17, 15) is 4.79 Å². The number of ether oxygens (including phenoxy) is 1.